The van der Waals surface area contributed by atoms with Crippen molar-refractivity contribution in [3.05, 3.63) is 71.2 Å². The van der Waals surface area contributed by atoms with Crippen LogP contribution < -0.4 is 20.9 Å². The van der Waals surface area contributed by atoms with Gasteiger partial charge >= 0.3 is 0 Å². The van der Waals surface area contributed by atoms with E-state index in [1.807, 2.05) is 0 Å². The number of amides is 1. The fourth-order valence-electron chi connectivity index (χ4n) is 2.96. The maximum absolute atomic E-state index is 13.9. The van der Waals surface area contributed by atoms with Crippen molar-refractivity contribution in [2.45, 2.75) is 0 Å². The van der Waals surface area contributed by atoms with Crippen LogP contribution in [0.15, 0.2) is 54.0 Å². The van der Waals surface area contributed by atoms with E-state index in [0.29, 0.717) is 23.1 Å². The summed E-state index contributed by atoms with van der Waals surface area (Å²) in [5.74, 6) is -1.62. The van der Waals surface area contributed by atoms with Gasteiger partial charge in [-0.3, -0.25) is 18.8 Å². The Kier molecular flexibility index (Phi) is 5.56. The number of ether oxygens (including phenoxy) is 1. The van der Waals surface area contributed by atoms with Gasteiger partial charge in [0.2, 0.25) is 11.9 Å². The average molecular weight is 453 g/mol. The molecule has 3 heterocycles. The van der Waals surface area contributed by atoms with Gasteiger partial charge in [-0.2, -0.15) is 10.1 Å². The lowest BCUT2D eigenvalue weighted by Crippen LogP contribution is -2.19. The van der Waals surface area contributed by atoms with Gasteiger partial charge in [0.05, 0.1) is 0 Å². The maximum atomic E-state index is 13.9. The highest BCUT2D eigenvalue weighted by Gasteiger charge is 2.15. The van der Waals surface area contributed by atoms with Crippen LogP contribution in [0.25, 0.3) is 11.0 Å². The molecule has 0 saturated carbocycles. The molecule has 0 aliphatic rings. The number of benzene rings is 1. The molecule has 33 heavy (non-hydrogen) atoms. The summed E-state index contributed by atoms with van der Waals surface area (Å²) in [4.78, 5) is 32.7. The number of hydrogen-bond acceptors (Lipinski definition) is 7. The molecule has 10 nitrogen and oxygen atoms in total. The van der Waals surface area contributed by atoms with E-state index in [0.717, 1.165) is 18.2 Å². The van der Waals surface area contributed by atoms with Crippen molar-refractivity contribution >= 4 is 34.5 Å². The Hall–Kier alpha value is -4.61. The zero-order chi connectivity index (χ0) is 23.7. The largest absolute Gasteiger partial charge is 0.448 e. The minimum atomic E-state index is -0.937. The summed E-state index contributed by atoms with van der Waals surface area (Å²) in [7, 11) is 3.13. The van der Waals surface area contributed by atoms with Gasteiger partial charge in [0.15, 0.2) is 23.1 Å². The SMILES string of the molecule is C=CC(=O)Nc1cc(Nc2ncc3cc(Oc4ccc(F)cc4F)c(=O)n(C)c3n2)n(C)n1. The number of nitrogens with zero attached hydrogens (tertiary/aromatic N) is 5. The topological polar surface area (TPSA) is 116 Å². The Morgan fingerprint density at radius 1 is 1.18 bits per heavy atom. The number of pyridine rings is 1. The lowest BCUT2D eigenvalue weighted by molar-refractivity contribution is -0.111. The van der Waals surface area contributed by atoms with E-state index in [1.165, 1.54) is 28.6 Å². The van der Waals surface area contributed by atoms with Crippen LogP contribution in [-0.2, 0) is 18.9 Å². The molecule has 168 valence electrons. The third-order valence-corrected chi connectivity index (χ3v) is 4.59. The van der Waals surface area contributed by atoms with E-state index in [-0.39, 0.29) is 23.1 Å². The first-order chi connectivity index (χ1) is 15.7. The van der Waals surface area contributed by atoms with Gasteiger partial charge in [0, 0.05) is 37.8 Å². The van der Waals surface area contributed by atoms with Crippen molar-refractivity contribution in [3.63, 3.8) is 0 Å². The monoisotopic (exact) mass is 453 g/mol. The molecule has 12 heteroatoms. The van der Waals surface area contributed by atoms with Gasteiger partial charge in [0.1, 0.15) is 17.3 Å². The second-order valence-electron chi connectivity index (χ2n) is 6.88. The Labute approximate surface area is 185 Å². The first kappa shape index (κ1) is 21.6. The molecule has 0 aliphatic carbocycles. The van der Waals surface area contributed by atoms with E-state index < -0.39 is 23.1 Å². The lowest BCUT2D eigenvalue weighted by atomic mass is 10.3. The van der Waals surface area contributed by atoms with Crippen molar-refractivity contribution in [2.24, 2.45) is 14.1 Å². The van der Waals surface area contributed by atoms with Crippen LogP contribution >= 0.6 is 0 Å². The number of carbonyl (C=O) groups is 1. The lowest BCUT2D eigenvalue weighted by Gasteiger charge is -2.11. The summed E-state index contributed by atoms with van der Waals surface area (Å²) in [6, 6.07) is 5.73. The summed E-state index contributed by atoms with van der Waals surface area (Å²) in [6.07, 6.45) is 2.58. The van der Waals surface area contributed by atoms with E-state index in [1.54, 1.807) is 13.1 Å². The molecule has 1 amide bonds. The zero-order valence-corrected chi connectivity index (χ0v) is 17.5. The third kappa shape index (κ3) is 4.39. The van der Waals surface area contributed by atoms with E-state index in [2.05, 4.69) is 32.3 Å². The fourth-order valence-corrected chi connectivity index (χ4v) is 2.96. The molecule has 3 aromatic heterocycles. The summed E-state index contributed by atoms with van der Waals surface area (Å²) < 4.78 is 35.1. The highest BCUT2D eigenvalue weighted by molar-refractivity contribution is 5.98. The standard InChI is InChI=1S/C21H17F2N7O3/c1-4-18(31)25-16-9-17(30(3)28-16)26-21-24-10-11-7-15(20(32)29(2)19(11)27-21)33-14-6-5-12(22)8-13(14)23/h4-10H,1H2,2-3H3,(H,24,26,27)(H,25,28,31). The number of halogens is 2. The molecule has 0 unspecified atom stereocenters. The number of anilines is 3. The number of aromatic nitrogens is 5. The number of carbonyl (C=O) groups excluding carboxylic acids is 1. The zero-order valence-electron chi connectivity index (χ0n) is 17.5. The first-order valence-corrected chi connectivity index (χ1v) is 9.49. The maximum Gasteiger partial charge on any atom is 0.294 e. The van der Waals surface area contributed by atoms with Gasteiger partial charge in [-0.15, -0.1) is 0 Å². The second-order valence-corrected chi connectivity index (χ2v) is 6.88. The summed E-state index contributed by atoms with van der Waals surface area (Å²) in [5.41, 5.74) is -0.294. The van der Waals surface area contributed by atoms with Crippen LogP contribution in [0.3, 0.4) is 0 Å². The van der Waals surface area contributed by atoms with Gasteiger partial charge in [-0.25, -0.2) is 13.8 Å². The summed E-state index contributed by atoms with van der Waals surface area (Å²) in [6.45, 7) is 3.38. The number of fused-ring (bicyclic) bond motifs is 1. The van der Waals surface area contributed by atoms with Gasteiger partial charge in [-0.1, -0.05) is 6.58 Å². The van der Waals surface area contributed by atoms with Crippen molar-refractivity contribution in [3.8, 4) is 11.5 Å². The highest BCUT2D eigenvalue weighted by Crippen LogP contribution is 2.25. The Balaban J connectivity index is 1.64. The molecule has 0 fully saturated rings. The minimum absolute atomic E-state index is 0.167. The number of aryl methyl sites for hydroxylation is 2. The van der Waals surface area contributed by atoms with Crippen molar-refractivity contribution < 1.29 is 18.3 Å². The normalized spacial score (nSPS) is 10.8. The molecule has 1 aromatic carbocycles. The Morgan fingerprint density at radius 3 is 2.70 bits per heavy atom. The first-order valence-electron chi connectivity index (χ1n) is 9.49. The van der Waals surface area contributed by atoms with Crippen LogP contribution in [0.2, 0.25) is 0 Å². The van der Waals surface area contributed by atoms with Crippen molar-refractivity contribution in [1.82, 2.24) is 24.3 Å². The number of rotatable bonds is 6. The molecule has 0 bridgehead atoms. The van der Waals surface area contributed by atoms with E-state index in [4.69, 9.17) is 4.74 Å². The van der Waals surface area contributed by atoms with Gasteiger partial charge in [-0.05, 0) is 24.3 Å². The van der Waals surface area contributed by atoms with Gasteiger partial charge in [0.25, 0.3) is 5.56 Å². The van der Waals surface area contributed by atoms with E-state index >= 15 is 0 Å². The van der Waals surface area contributed by atoms with Crippen molar-refractivity contribution in [1.29, 1.82) is 0 Å². The van der Waals surface area contributed by atoms with Crippen LogP contribution in [-0.4, -0.2) is 30.2 Å². The molecule has 4 aromatic rings. The molecule has 4 rings (SSSR count). The van der Waals surface area contributed by atoms with Crippen LogP contribution in [0, 0.1) is 11.6 Å². The molecule has 0 atom stereocenters. The van der Waals surface area contributed by atoms with E-state index in [9.17, 15) is 18.4 Å². The number of nitrogens with one attached hydrogen (secondary N) is 2. The smallest absolute Gasteiger partial charge is 0.294 e. The van der Waals surface area contributed by atoms with Gasteiger partial charge < -0.3 is 15.4 Å². The molecule has 0 saturated heterocycles. The molecular weight excluding hydrogens is 436 g/mol. The fraction of sp³-hybridized carbons (Fsp3) is 0.0952. The minimum Gasteiger partial charge on any atom is -0.448 e. The highest BCUT2D eigenvalue weighted by atomic mass is 19.1. The van der Waals surface area contributed by atoms with Crippen molar-refractivity contribution in [2.75, 3.05) is 10.6 Å². The molecule has 2 N–H and O–H groups in total. The van der Waals surface area contributed by atoms with Crippen LogP contribution in [0.5, 0.6) is 11.5 Å². The quantitative estimate of drug-likeness (QED) is 0.431. The Bertz CT molecular complexity index is 1460. The number of hydrogen-bond donors (Lipinski definition) is 2. The average Bonchev–Trinajstić information content (AvgIpc) is 3.12. The molecular formula is C21H17F2N7O3. The summed E-state index contributed by atoms with van der Waals surface area (Å²) in [5, 5.41) is 10.1. The summed E-state index contributed by atoms with van der Waals surface area (Å²) >= 11 is 0. The molecule has 0 radical (unpaired) electrons. The predicted octanol–water partition coefficient (Wildman–Crippen LogP) is 3.00. The molecule has 0 spiro atoms. The third-order valence-electron chi connectivity index (χ3n) is 4.59. The second kappa shape index (κ2) is 8.49. The molecule has 0 aliphatic heterocycles. The van der Waals surface area contributed by atoms with Crippen LogP contribution in [0.4, 0.5) is 26.4 Å². The van der Waals surface area contributed by atoms with Crippen LogP contribution in [0.1, 0.15) is 0 Å². The Morgan fingerprint density at radius 2 is 1.97 bits per heavy atom. The predicted molar refractivity (Wildman–Crippen MR) is 117 cm³/mol.